The second-order valence-electron chi connectivity index (χ2n) is 4.09. The van der Waals surface area contributed by atoms with Gasteiger partial charge in [-0.25, -0.2) is 0 Å². The standard InChI is InChI=1S/C11H20O3/c1-4-9(12)6-5-7-10-8-13-11(2,3)14-10/h5,7,9-10,12H,4,6,8H2,1-3H3/b7-5-/t9-,10+/m1/s1. The molecule has 1 saturated heterocycles. The highest BCUT2D eigenvalue weighted by atomic mass is 16.7. The van der Waals surface area contributed by atoms with Crippen LogP contribution in [0.25, 0.3) is 0 Å². The predicted octanol–water partition coefficient (Wildman–Crippen LogP) is 1.86. The predicted molar refractivity (Wildman–Crippen MR) is 55.0 cm³/mol. The van der Waals surface area contributed by atoms with Crippen LogP contribution in [0, 0.1) is 0 Å². The van der Waals surface area contributed by atoms with Crippen LogP contribution in [0.3, 0.4) is 0 Å². The summed E-state index contributed by atoms with van der Waals surface area (Å²) in [5, 5.41) is 9.31. The first kappa shape index (κ1) is 11.7. The summed E-state index contributed by atoms with van der Waals surface area (Å²) in [6, 6.07) is 0. The normalized spacial score (nSPS) is 28.4. The molecule has 1 N–H and O–H groups in total. The number of rotatable bonds is 4. The van der Waals surface area contributed by atoms with E-state index >= 15 is 0 Å². The number of aliphatic hydroxyl groups excluding tert-OH is 1. The summed E-state index contributed by atoms with van der Waals surface area (Å²) in [6.45, 7) is 6.38. The quantitative estimate of drug-likeness (QED) is 0.704. The monoisotopic (exact) mass is 200 g/mol. The van der Waals surface area contributed by atoms with Gasteiger partial charge in [0.05, 0.1) is 12.7 Å². The lowest BCUT2D eigenvalue weighted by Gasteiger charge is -2.15. The van der Waals surface area contributed by atoms with Crippen LogP contribution in [0.5, 0.6) is 0 Å². The van der Waals surface area contributed by atoms with Crippen LogP contribution < -0.4 is 0 Å². The highest BCUT2D eigenvalue weighted by Gasteiger charge is 2.30. The van der Waals surface area contributed by atoms with Gasteiger partial charge in [-0.3, -0.25) is 0 Å². The molecule has 1 rings (SSSR count). The maximum absolute atomic E-state index is 9.31. The Kier molecular flexibility index (Phi) is 4.11. The van der Waals surface area contributed by atoms with E-state index in [1.165, 1.54) is 0 Å². The maximum atomic E-state index is 9.31. The molecule has 1 fully saturated rings. The summed E-state index contributed by atoms with van der Waals surface area (Å²) >= 11 is 0. The molecule has 0 aliphatic carbocycles. The first-order valence-corrected chi connectivity index (χ1v) is 5.20. The van der Waals surface area contributed by atoms with Gasteiger partial charge in [0.25, 0.3) is 0 Å². The number of hydrogen-bond acceptors (Lipinski definition) is 3. The Labute approximate surface area is 85.7 Å². The van der Waals surface area contributed by atoms with Crippen molar-refractivity contribution in [3.63, 3.8) is 0 Å². The Bertz CT molecular complexity index is 199. The maximum Gasteiger partial charge on any atom is 0.163 e. The molecule has 0 aromatic rings. The summed E-state index contributed by atoms with van der Waals surface area (Å²) in [5.41, 5.74) is 0. The molecule has 1 heterocycles. The van der Waals surface area contributed by atoms with Crippen molar-refractivity contribution in [2.75, 3.05) is 6.61 Å². The van der Waals surface area contributed by atoms with E-state index in [4.69, 9.17) is 9.47 Å². The highest BCUT2D eigenvalue weighted by Crippen LogP contribution is 2.22. The highest BCUT2D eigenvalue weighted by molar-refractivity contribution is 4.93. The molecule has 0 saturated carbocycles. The zero-order chi connectivity index (χ0) is 10.6. The minimum atomic E-state index is -0.460. The van der Waals surface area contributed by atoms with Gasteiger partial charge in [-0.1, -0.05) is 19.1 Å². The third-order valence-electron chi connectivity index (χ3n) is 2.26. The van der Waals surface area contributed by atoms with Gasteiger partial charge in [-0.05, 0) is 26.7 Å². The van der Waals surface area contributed by atoms with Gasteiger partial charge in [0, 0.05) is 0 Å². The van der Waals surface area contributed by atoms with Crippen LogP contribution in [0.4, 0.5) is 0 Å². The van der Waals surface area contributed by atoms with Crippen molar-refractivity contribution in [3.05, 3.63) is 12.2 Å². The van der Waals surface area contributed by atoms with Crippen LogP contribution >= 0.6 is 0 Å². The SMILES string of the molecule is CC[C@@H](O)C/C=C\[C@H]1COC(C)(C)O1. The topological polar surface area (TPSA) is 38.7 Å². The van der Waals surface area contributed by atoms with Crippen molar-refractivity contribution in [1.82, 2.24) is 0 Å². The van der Waals surface area contributed by atoms with Gasteiger partial charge < -0.3 is 14.6 Å². The van der Waals surface area contributed by atoms with E-state index in [-0.39, 0.29) is 12.2 Å². The van der Waals surface area contributed by atoms with E-state index in [0.717, 1.165) is 6.42 Å². The van der Waals surface area contributed by atoms with E-state index < -0.39 is 5.79 Å². The van der Waals surface area contributed by atoms with Crippen LogP contribution in [0.2, 0.25) is 0 Å². The Morgan fingerprint density at radius 2 is 2.29 bits per heavy atom. The molecule has 0 amide bonds. The zero-order valence-electron chi connectivity index (χ0n) is 9.19. The molecule has 14 heavy (non-hydrogen) atoms. The van der Waals surface area contributed by atoms with E-state index in [2.05, 4.69) is 0 Å². The van der Waals surface area contributed by atoms with Gasteiger partial charge in [0.2, 0.25) is 0 Å². The molecule has 0 bridgehead atoms. The van der Waals surface area contributed by atoms with Crippen LogP contribution in [0.1, 0.15) is 33.6 Å². The molecule has 1 aliphatic heterocycles. The molecular weight excluding hydrogens is 180 g/mol. The Morgan fingerprint density at radius 1 is 1.57 bits per heavy atom. The smallest absolute Gasteiger partial charge is 0.163 e. The first-order valence-electron chi connectivity index (χ1n) is 5.20. The van der Waals surface area contributed by atoms with Crippen molar-refractivity contribution < 1.29 is 14.6 Å². The first-order chi connectivity index (χ1) is 6.53. The number of hydrogen-bond donors (Lipinski definition) is 1. The van der Waals surface area contributed by atoms with Gasteiger partial charge >= 0.3 is 0 Å². The minimum absolute atomic E-state index is 0.0362. The second kappa shape index (κ2) is 4.91. The molecule has 3 nitrogen and oxygen atoms in total. The summed E-state index contributed by atoms with van der Waals surface area (Å²) < 4.78 is 11.0. The van der Waals surface area contributed by atoms with E-state index in [0.29, 0.717) is 13.0 Å². The molecule has 0 unspecified atom stereocenters. The largest absolute Gasteiger partial charge is 0.393 e. The zero-order valence-corrected chi connectivity index (χ0v) is 9.19. The molecule has 0 aromatic heterocycles. The fourth-order valence-corrected chi connectivity index (χ4v) is 1.36. The van der Waals surface area contributed by atoms with Crippen molar-refractivity contribution in [2.45, 2.75) is 51.6 Å². The average Bonchev–Trinajstić information content (AvgIpc) is 2.45. The average molecular weight is 200 g/mol. The fourth-order valence-electron chi connectivity index (χ4n) is 1.36. The van der Waals surface area contributed by atoms with Gasteiger partial charge in [0.15, 0.2) is 5.79 Å². The van der Waals surface area contributed by atoms with Crippen LogP contribution in [0.15, 0.2) is 12.2 Å². The third kappa shape index (κ3) is 3.78. The lowest BCUT2D eigenvalue weighted by molar-refractivity contribution is -0.133. The Morgan fingerprint density at radius 3 is 2.79 bits per heavy atom. The fraction of sp³-hybridized carbons (Fsp3) is 0.818. The van der Waals surface area contributed by atoms with Gasteiger partial charge in [-0.2, -0.15) is 0 Å². The third-order valence-corrected chi connectivity index (χ3v) is 2.26. The number of ether oxygens (including phenoxy) is 2. The summed E-state index contributed by atoms with van der Waals surface area (Å²) in [7, 11) is 0. The van der Waals surface area contributed by atoms with Crippen molar-refractivity contribution in [2.24, 2.45) is 0 Å². The Hall–Kier alpha value is -0.380. The van der Waals surface area contributed by atoms with Gasteiger partial charge in [0.1, 0.15) is 6.10 Å². The van der Waals surface area contributed by atoms with E-state index in [1.807, 2.05) is 32.9 Å². The minimum Gasteiger partial charge on any atom is -0.393 e. The molecule has 1 aliphatic rings. The molecular formula is C11H20O3. The van der Waals surface area contributed by atoms with Crippen LogP contribution in [-0.4, -0.2) is 29.7 Å². The van der Waals surface area contributed by atoms with Crippen molar-refractivity contribution in [3.8, 4) is 0 Å². The van der Waals surface area contributed by atoms with Gasteiger partial charge in [-0.15, -0.1) is 0 Å². The summed E-state index contributed by atoms with van der Waals surface area (Å²) in [4.78, 5) is 0. The molecule has 2 atom stereocenters. The Balaban J connectivity index is 2.25. The van der Waals surface area contributed by atoms with Crippen molar-refractivity contribution >= 4 is 0 Å². The van der Waals surface area contributed by atoms with Crippen LogP contribution in [-0.2, 0) is 9.47 Å². The molecule has 3 heteroatoms. The molecule has 82 valence electrons. The molecule has 0 radical (unpaired) electrons. The van der Waals surface area contributed by atoms with E-state index in [1.54, 1.807) is 0 Å². The lowest BCUT2D eigenvalue weighted by atomic mass is 10.2. The summed E-state index contributed by atoms with van der Waals surface area (Å²) in [5.74, 6) is -0.460. The molecule has 0 aromatic carbocycles. The number of aliphatic hydroxyl groups is 1. The second-order valence-corrected chi connectivity index (χ2v) is 4.09. The molecule has 0 spiro atoms. The summed E-state index contributed by atoms with van der Waals surface area (Å²) in [6.07, 6.45) is 5.21. The van der Waals surface area contributed by atoms with Crippen molar-refractivity contribution in [1.29, 1.82) is 0 Å². The lowest BCUT2D eigenvalue weighted by Crippen LogP contribution is -2.20. The van der Waals surface area contributed by atoms with E-state index in [9.17, 15) is 5.11 Å².